The summed E-state index contributed by atoms with van der Waals surface area (Å²) < 4.78 is 5.37. The molecule has 1 aromatic rings. The zero-order valence-corrected chi connectivity index (χ0v) is 14.0. The van der Waals surface area contributed by atoms with E-state index >= 15 is 0 Å². The standard InChI is InChI=1S/C17H27N3O2/c1-17(2,3)22-16(21)20(4)12-13-6-5-7-14(10-13)19-15-8-9-18-11-15/h5-7,10,15,18-19H,8-9,11-12H2,1-4H3. The second-order valence-corrected chi connectivity index (χ2v) is 6.87. The molecule has 2 rings (SSSR count). The molecule has 1 aliphatic rings. The van der Waals surface area contributed by atoms with Crippen molar-refractivity contribution in [3.63, 3.8) is 0 Å². The van der Waals surface area contributed by atoms with Gasteiger partial charge in [0.1, 0.15) is 5.60 Å². The number of hydrogen-bond donors (Lipinski definition) is 2. The van der Waals surface area contributed by atoms with E-state index in [1.165, 1.54) is 0 Å². The van der Waals surface area contributed by atoms with Crippen LogP contribution in [0.15, 0.2) is 24.3 Å². The van der Waals surface area contributed by atoms with Crippen LogP contribution in [0.2, 0.25) is 0 Å². The molecular formula is C17H27N3O2. The second kappa shape index (κ2) is 7.01. The maximum atomic E-state index is 12.0. The van der Waals surface area contributed by atoms with E-state index in [0.29, 0.717) is 12.6 Å². The highest BCUT2D eigenvalue weighted by atomic mass is 16.6. The van der Waals surface area contributed by atoms with Crippen LogP contribution in [0, 0.1) is 0 Å². The van der Waals surface area contributed by atoms with Crippen molar-refractivity contribution >= 4 is 11.8 Å². The lowest BCUT2D eigenvalue weighted by Gasteiger charge is -2.25. The number of amides is 1. The molecule has 1 saturated heterocycles. The van der Waals surface area contributed by atoms with Crippen molar-refractivity contribution in [3.8, 4) is 0 Å². The lowest BCUT2D eigenvalue weighted by molar-refractivity contribution is 0.0285. The predicted octanol–water partition coefficient (Wildman–Crippen LogP) is 2.83. The SMILES string of the molecule is CN(Cc1cccc(NC2CCNC2)c1)C(=O)OC(C)(C)C. The van der Waals surface area contributed by atoms with E-state index in [4.69, 9.17) is 4.74 Å². The third-order valence-corrected chi connectivity index (χ3v) is 3.48. The highest BCUT2D eigenvalue weighted by molar-refractivity contribution is 5.67. The summed E-state index contributed by atoms with van der Waals surface area (Å²) in [7, 11) is 1.76. The Morgan fingerprint density at radius 1 is 1.45 bits per heavy atom. The van der Waals surface area contributed by atoms with Gasteiger partial charge in [0.25, 0.3) is 0 Å². The quantitative estimate of drug-likeness (QED) is 0.898. The highest BCUT2D eigenvalue weighted by Gasteiger charge is 2.20. The minimum absolute atomic E-state index is 0.300. The molecule has 1 heterocycles. The van der Waals surface area contributed by atoms with Crippen molar-refractivity contribution in [3.05, 3.63) is 29.8 Å². The Morgan fingerprint density at radius 3 is 2.86 bits per heavy atom. The molecule has 122 valence electrons. The van der Waals surface area contributed by atoms with Gasteiger partial charge in [0, 0.05) is 31.9 Å². The summed E-state index contributed by atoms with van der Waals surface area (Å²) in [6.45, 7) is 8.23. The fourth-order valence-corrected chi connectivity index (χ4v) is 2.45. The third kappa shape index (κ3) is 5.22. The zero-order valence-electron chi connectivity index (χ0n) is 14.0. The number of ether oxygens (including phenoxy) is 1. The normalized spacial score (nSPS) is 18.1. The van der Waals surface area contributed by atoms with Crippen LogP contribution < -0.4 is 10.6 Å². The first-order chi connectivity index (χ1) is 10.3. The van der Waals surface area contributed by atoms with Crippen LogP contribution in [-0.2, 0) is 11.3 Å². The molecule has 0 bridgehead atoms. The Hall–Kier alpha value is -1.75. The number of benzene rings is 1. The van der Waals surface area contributed by atoms with E-state index in [0.717, 1.165) is 30.8 Å². The van der Waals surface area contributed by atoms with Crippen molar-refractivity contribution in [2.24, 2.45) is 0 Å². The van der Waals surface area contributed by atoms with E-state index < -0.39 is 5.60 Å². The molecule has 5 heteroatoms. The van der Waals surface area contributed by atoms with Gasteiger partial charge in [0.2, 0.25) is 0 Å². The molecule has 1 aromatic carbocycles. The molecule has 0 aromatic heterocycles. The van der Waals surface area contributed by atoms with Crippen LogP contribution >= 0.6 is 0 Å². The third-order valence-electron chi connectivity index (χ3n) is 3.48. The summed E-state index contributed by atoms with van der Waals surface area (Å²) in [6, 6.07) is 8.69. The molecule has 1 aliphatic heterocycles. The molecule has 0 radical (unpaired) electrons. The van der Waals surface area contributed by atoms with Gasteiger partial charge in [-0.05, 0) is 51.4 Å². The molecular weight excluding hydrogens is 278 g/mol. The summed E-state index contributed by atoms with van der Waals surface area (Å²) in [5.74, 6) is 0. The van der Waals surface area contributed by atoms with Gasteiger partial charge < -0.3 is 20.3 Å². The van der Waals surface area contributed by atoms with Crippen molar-refractivity contribution in [2.75, 3.05) is 25.5 Å². The summed E-state index contributed by atoms with van der Waals surface area (Å²) in [6.07, 6.45) is 0.841. The number of carbonyl (C=O) groups is 1. The molecule has 22 heavy (non-hydrogen) atoms. The first-order valence-electron chi connectivity index (χ1n) is 7.84. The molecule has 1 atom stereocenters. The van der Waals surface area contributed by atoms with E-state index in [1.807, 2.05) is 32.9 Å². The summed E-state index contributed by atoms with van der Waals surface area (Å²) >= 11 is 0. The minimum atomic E-state index is -0.468. The molecule has 1 fully saturated rings. The van der Waals surface area contributed by atoms with E-state index in [9.17, 15) is 4.79 Å². The van der Waals surface area contributed by atoms with Crippen LogP contribution in [0.5, 0.6) is 0 Å². The Bertz CT molecular complexity index is 505. The first kappa shape index (κ1) is 16.6. The Morgan fingerprint density at radius 2 is 2.23 bits per heavy atom. The van der Waals surface area contributed by atoms with Crippen molar-refractivity contribution in [1.29, 1.82) is 0 Å². The highest BCUT2D eigenvalue weighted by Crippen LogP contribution is 2.16. The molecule has 0 aliphatic carbocycles. The molecule has 0 spiro atoms. The maximum Gasteiger partial charge on any atom is 0.410 e. The lowest BCUT2D eigenvalue weighted by atomic mass is 10.1. The minimum Gasteiger partial charge on any atom is -0.444 e. The van der Waals surface area contributed by atoms with Gasteiger partial charge in [-0.15, -0.1) is 0 Å². The zero-order chi connectivity index (χ0) is 16.2. The van der Waals surface area contributed by atoms with Gasteiger partial charge in [0.15, 0.2) is 0 Å². The largest absolute Gasteiger partial charge is 0.444 e. The first-order valence-corrected chi connectivity index (χ1v) is 7.84. The molecule has 5 nitrogen and oxygen atoms in total. The fraction of sp³-hybridized carbons (Fsp3) is 0.588. The summed E-state index contributed by atoms with van der Waals surface area (Å²) in [5.41, 5.74) is 1.72. The summed E-state index contributed by atoms with van der Waals surface area (Å²) in [5, 5.41) is 6.87. The number of nitrogens with one attached hydrogen (secondary N) is 2. The monoisotopic (exact) mass is 305 g/mol. The van der Waals surface area contributed by atoms with Gasteiger partial charge in [-0.1, -0.05) is 12.1 Å². The van der Waals surface area contributed by atoms with E-state index in [2.05, 4.69) is 22.8 Å². The van der Waals surface area contributed by atoms with Gasteiger partial charge in [-0.3, -0.25) is 0 Å². The van der Waals surface area contributed by atoms with Crippen LogP contribution in [0.3, 0.4) is 0 Å². The van der Waals surface area contributed by atoms with Crippen molar-refractivity contribution in [2.45, 2.75) is 45.4 Å². The van der Waals surface area contributed by atoms with Gasteiger partial charge in [0.05, 0.1) is 0 Å². The van der Waals surface area contributed by atoms with Crippen LogP contribution in [0.1, 0.15) is 32.8 Å². The van der Waals surface area contributed by atoms with Crippen molar-refractivity contribution < 1.29 is 9.53 Å². The molecule has 1 amide bonds. The summed E-state index contributed by atoms with van der Waals surface area (Å²) in [4.78, 5) is 13.6. The number of nitrogens with zero attached hydrogens (tertiary/aromatic N) is 1. The predicted molar refractivity (Wildman–Crippen MR) is 89.0 cm³/mol. The van der Waals surface area contributed by atoms with Crippen LogP contribution in [0.4, 0.5) is 10.5 Å². The number of carbonyl (C=O) groups excluding carboxylic acids is 1. The smallest absolute Gasteiger partial charge is 0.410 e. The fourth-order valence-electron chi connectivity index (χ4n) is 2.45. The molecule has 2 N–H and O–H groups in total. The van der Waals surface area contributed by atoms with Gasteiger partial charge >= 0.3 is 6.09 Å². The Labute approximate surface area is 133 Å². The number of hydrogen-bond acceptors (Lipinski definition) is 4. The van der Waals surface area contributed by atoms with Crippen molar-refractivity contribution in [1.82, 2.24) is 10.2 Å². The Balaban J connectivity index is 1.93. The lowest BCUT2D eigenvalue weighted by Crippen LogP contribution is -2.33. The topological polar surface area (TPSA) is 53.6 Å². The van der Waals surface area contributed by atoms with Crippen LogP contribution in [0.25, 0.3) is 0 Å². The van der Waals surface area contributed by atoms with Crippen LogP contribution in [-0.4, -0.2) is 42.8 Å². The average Bonchev–Trinajstić information content (AvgIpc) is 2.90. The number of rotatable bonds is 4. The number of anilines is 1. The molecule has 0 saturated carbocycles. The maximum absolute atomic E-state index is 12.0. The van der Waals surface area contributed by atoms with E-state index in [1.54, 1.807) is 11.9 Å². The Kier molecular flexibility index (Phi) is 5.29. The van der Waals surface area contributed by atoms with Gasteiger partial charge in [-0.2, -0.15) is 0 Å². The average molecular weight is 305 g/mol. The van der Waals surface area contributed by atoms with Gasteiger partial charge in [-0.25, -0.2) is 4.79 Å². The second-order valence-electron chi connectivity index (χ2n) is 6.87. The van der Waals surface area contributed by atoms with E-state index in [-0.39, 0.29) is 6.09 Å². The molecule has 1 unspecified atom stereocenters.